The highest BCUT2D eigenvalue weighted by molar-refractivity contribution is 6.32. The summed E-state index contributed by atoms with van der Waals surface area (Å²) in [6.45, 7) is 4.50. The lowest BCUT2D eigenvalue weighted by Gasteiger charge is -2.27. The van der Waals surface area contributed by atoms with Crippen LogP contribution >= 0.6 is 23.2 Å². The number of benzene rings is 2. The lowest BCUT2D eigenvalue weighted by Crippen LogP contribution is -2.19. The van der Waals surface area contributed by atoms with Crippen LogP contribution in [-0.2, 0) is 5.41 Å². The van der Waals surface area contributed by atoms with Gasteiger partial charge in [-0.25, -0.2) is 0 Å². The van der Waals surface area contributed by atoms with E-state index in [0.717, 1.165) is 11.1 Å². The van der Waals surface area contributed by atoms with E-state index in [1.54, 1.807) is 18.2 Å². The Kier molecular flexibility index (Phi) is 5.99. The zero-order chi connectivity index (χ0) is 17.7. The molecule has 0 aliphatic heterocycles. The van der Waals surface area contributed by atoms with Crippen LogP contribution in [0.15, 0.2) is 36.4 Å². The molecular formula is C19H19Cl2NO2. The molecule has 0 saturated heterocycles. The van der Waals surface area contributed by atoms with Crippen LogP contribution < -0.4 is 4.74 Å². The summed E-state index contributed by atoms with van der Waals surface area (Å²) in [6.07, 6.45) is 0.684. The van der Waals surface area contributed by atoms with Crippen molar-refractivity contribution >= 4 is 23.2 Å². The third-order valence-electron chi connectivity index (χ3n) is 4.00. The van der Waals surface area contributed by atoms with E-state index in [1.807, 2.05) is 32.0 Å². The van der Waals surface area contributed by atoms with E-state index in [0.29, 0.717) is 35.2 Å². The van der Waals surface area contributed by atoms with E-state index >= 15 is 0 Å². The van der Waals surface area contributed by atoms with Crippen molar-refractivity contribution in [3.05, 3.63) is 58.1 Å². The Bertz CT molecular complexity index is 749. The second-order valence-corrected chi connectivity index (χ2v) is 6.79. The van der Waals surface area contributed by atoms with Crippen molar-refractivity contribution in [1.82, 2.24) is 0 Å². The van der Waals surface area contributed by atoms with Gasteiger partial charge in [0, 0.05) is 11.3 Å². The SMILES string of the molecule is CC(C)(c1ccc(O)cc1)c1cc(Cl)c(OCCCCl)c(C#N)c1. The minimum atomic E-state index is -0.377. The maximum absolute atomic E-state index is 9.47. The molecule has 2 aromatic rings. The lowest BCUT2D eigenvalue weighted by molar-refractivity contribution is 0.317. The van der Waals surface area contributed by atoms with Gasteiger partial charge in [-0.3, -0.25) is 0 Å². The summed E-state index contributed by atoms with van der Waals surface area (Å²) in [4.78, 5) is 0. The van der Waals surface area contributed by atoms with Gasteiger partial charge in [0.15, 0.2) is 5.75 Å². The molecule has 0 unspecified atom stereocenters. The molecule has 0 aliphatic carbocycles. The first kappa shape index (κ1) is 18.4. The maximum Gasteiger partial charge on any atom is 0.155 e. The highest BCUT2D eigenvalue weighted by Crippen LogP contribution is 2.38. The number of halogens is 2. The smallest absolute Gasteiger partial charge is 0.155 e. The first-order chi connectivity index (χ1) is 11.4. The molecule has 0 atom stereocenters. The fraction of sp³-hybridized carbons (Fsp3) is 0.316. The largest absolute Gasteiger partial charge is 0.508 e. The Morgan fingerprint density at radius 3 is 2.42 bits per heavy atom. The van der Waals surface area contributed by atoms with Gasteiger partial charge >= 0.3 is 0 Å². The molecule has 0 heterocycles. The predicted molar refractivity (Wildman–Crippen MR) is 97.2 cm³/mol. The Morgan fingerprint density at radius 1 is 1.17 bits per heavy atom. The molecule has 0 aromatic heterocycles. The van der Waals surface area contributed by atoms with Gasteiger partial charge in [0.1, 0.15) is 11.8 Å². The Hall–Kier alpha value is -1.89. The summed E-state index contributed by atoms with van der Waals surface area (Å²) >= 11 is 12.0. The number of rotatable bonds is 6. The zero-order valence-electron chi connectivity index (χ0n) is 13.6. The van der Waals surface area contributed by atoms with E-state index in [2.05, 4.69) is 6.07 Å². The van der Waals surface area contributed by atoms with E-state index < -0.39 is 0 Å². The summed E-state index contributed by atoms with van der Waals surface area (Å²) in [7, 11) is 0. The minimum Gasteiger partial charge on any atom is -0.508 e. The number of phenols is 1. The van der Waals surface area contributed by atoms with E-state index in [-0.39, 0.29) is 11.2 Å². The van der Waals surface area contributed by atoms with Crippen LogP contribution in [0.4, 0.5) is 0 Å². The van der Waals surface area contributed by atoms with E-state index in [1.165, 1.54) is 0 Å². The number of nitriles is 1. The lowest BCUT2D eigenvalue weighted by atomic mass is 9.77. The molecule has 0 amide bonds. The number of phenolic OH excluding ortho intramolecular Hbond substituents is 1. The topological polar surface area (TPSA) is 53.2 Å². The highest BCUT2D eigenvalue weighted by Gasteiger charge is 2.26. The molecule has 5 heteroatoms. The number of alkyl halides is 1. The fourth-order valence-electron chi connectivity index (χ4n) is 2.46. The van der Waals surface area contributed by atoms with Gasteiger partial charge in [-0.2, -0.15) is 5.26 Å². The van der Waals surface area contributed by atoms with Crippen molar-refractivity contribution in [2.75, 3.05) is 12.5 Å². The van der Waals surface area contributed by atoms with Gasteiger partial charge < -0.3 is 9.84 Å². The van der Waals surface area contributed by atoms with Crippen LogP contribution in [0.25, 0.3) is 0 Å². The molecule has 0 spiro atoms. The molecule has 24 heavy (non-hydrogen) atoms. The summed E-state index contributed by atoms with van der Waals surface area (Å²) in [5, 5.41) is 19.3. The number of nitrogens with zero attached hydrogens (tertiary/aromatic N) is 1. The minimum absolute atomic E-state index is 0.216. The molecule has 0 bridgehead atoms. The molecule has 1 N–H and O–H groups in total. The monoisotopic (exact) mass is 363 g/mol. The molecule has 0 saturated carbocycles. The number of ether oxygens (including phenoxy) is 1. The van der Waals surface area contributed by atoms with Gasteiger partial charge in [0.2, 0.25) is 0 Å². The molecule has 0 aliphatic rings. The van der Waals surface area contributed by atoms with Crippen molar-refractivity contribution < 1.29 is 9.84 Å². The average Bonchev–Trinajstić information content (AvgIpc) is 2.56. The number of aromatic hydroxyl groups is 1. The molecule has 2 rings (SSSR count). The normalized spacial score (nSPS) is 11.1. The van der Waals surface area contributed by atoms with Crippen LogP contribution in [0.1, 0.15) is 37.0 Å². The first-order valence-electron chi connectivity index (χ1n) is 7.62. The third kappa shape index (κ3) is 3.95. The van der Waals surface area contributed by atoms with E-state index in [9.17, 15) is 10.4 Å². The maximum atomic E-state index is 9.47. The predicted octanol–water partition coefficient (Wildman–Crippen LogP) is 5.25. The first-order valence-corrected chi connectivity index (χ1v) is 8.53. The van der Waals surface area contributed by atoms with Crippen molar-refractivity contribution in [1.29, 1.82) is 5.26 Å². The van der Waals surface area contributed by atoms with Gasteiger partial charge in [-0.05, 0) is 41.8 Å². The van der Waals surface area contributed by atoms with Gasteiger partial charge in [0.25, 0.3) is 0 Å². The third-order valence-corrected chi connectivity index (χ3v) is 4.55. The number of hydrogen-bond donors (Lipinski definition) is 1. The van der Waals surface area contributed by atoms with Crippen LogP contribution in [0, 0.1) is 11.3 Å². The molecule has 126 valence electrons. The standard InChI is InChI=1S/C19H19Cl2NO2/c1-19(2,14-4-6-16(23)7-5-14)15-10-13(12-22)18(17(21)11-15)24-9-3-8-20/h4-7,10-11,23H,3,8-9H2,1-2H3. The summed E-state index contributed by atoms with van der Waals surface area (Å²) < 4.78 is 5.62. The van der Waals surface area contributed by atoms with Crippen molar-refractivity contribution in [2.45, 2.75) is 25.7 Å². The molecular weight excluding hydrogens is 345 g/mol. The Balaban J connectivity index is 2.42. The quantitative estimate of drug-likeness (QED) is 0.563. The molecule has 2 aromatic carbocycles. The summed E-state index contributed by atoms with van der Waals surface area (Å²) in [6, 6.07) is 12.8. The Labute approximate surface area is 152 Å². The van der Waals surface area contributed by atoms with Crippen molar-refractivity contribution in [3.8, 4) is 17.6 Å². The highest BCUT2D eigenvalue weighted by atomic mass is 35.5. The molecule has 3 nitrogen and oxygen atoms in total. The second-order valence-electron chi connectivity index (χ2n) is 6.01. The Morgan fingerprint density at radius 2 is 1.83 bits per heavy atom. The van der Waals surface area contributed by atoms with Gasteiger partial charge in [-0.15, -0.1) is 11.6 Å². The van der Waals surface area contributed by atoms with E-state index in [4.69, 9.17) is 27.9 Å². The van der Waals surface area contributed by atoms with Gasteiger partial charge in [-0.1, -0.05) is 37.6 Å². The van der Waals surface area contributed by atoms with Gasteiger partial charge in [0.05, 0.1) is 17.2 Å². The fourth-order valence-corrected chi connectivity index (χ4v) is 2.84. The van der Waals surface area contributed by atoms with Crippen molar-refractivity contribution in [2.24, 2.45) is 0 Å². The molecule has 0 radical (unpaired) electrons. The van der Waals surface area contributed by atoms with Crippen LogP contribution in [0.2, 0.25) is 5.02 Å². The molecule has 0 fully saturated rings. The van der Waals surface area contributed by atoms with Crippen LogP contribution in [0.3, 0.4) is 0 Å². The summed E-state index contributed by atoms with van der Waals surface area (Å²) in [5.74, 6) is 1.11. The average molecular weight is 364 g/mol. The zero-order valence-corrected chi connectivity index (χ0v) is 15.2. The summed E-state index contributed by atoms with van der Waals surface area (Å²) in [5.41, 5.74) is 1.94. The van der Waals surface area contributed by atoms with Crippen molar-refractivity contribution in [3.63, 3.8) is 0 Å². The number of hydrogen-bond acceptors (Lipinski definition) is 3. The second kappa shape index (κ2) is 7.79. The van der Waals surface area contributed by atoms with Crippen LogP contribution in [-0.4, -0.2) is 17.6 Å². The van der Waals surface area contributed by atoms with Crippen LogP contribution in [0.5, 0.6) is 11.5 Å².